The Morgan fingerprint density at radius 3 is 2.67 bits per heavy atom. The quantitative estimate of drug-likeness (QED) is 0.803. The molecule has 0 aliphatic carbocycles. The van der Waals surface area contributed by atoms with Crippen molar-refractivity contribution >= 4 is 17.4 Å². The lowest BCUT2D eigenvalue weighted by molar-refractivity contribution is 0.740. The molecule has 0 atom stereocenters. The third kappa shape index (κ3) is 1.80. The van der Waals surface area contributed by atoms with E-state index in [0.29, 0.717) is 10.8 Å². The number of pyridine rings is 1. The van der Waals surface area contributed by atoms with Gasteiger partial charge in [-0.05, 0) is 19.1 Å². The first kappa shape index (κ1) is 9.98. The van der Waals surface area contributed by atoms with E-state index in [2.05, 4.69) is 10.1 Å². The molecule has 0 aliphatic rings. The van der Waals surface area contributed by atoms with Crippen LogP contribution in [0.25, 0.3) is 11.3 Å². The Balaban J connectivity index is 2.58. The van der Waals surface area contributed by atoms with Crippen LogP contribution in [0.2, 0.25) is 5.02 Å². The summed E-state index contributed by atoms with van der Waals surface area (Å²) < 4.78 is 1.79. The second-order valence-electron chi connectivity index (χ2n) is 3.36. The molecule has 0 aromatic carbocycles. The van der Waals surface area contributed by atoms with Crippen LogP contribution >= 0.6 is 11.6 Å². The molecule has 2 N–H and O–H groups in total. The highest BCUT2D eigenvalue weighted by atomic mass is 35.5. The first-order chi connectivity index (χ1) is 7.08. The van der Waals surface area contributed by atoms with E-state index in [1.807, 2.05) is 14.0 Å². The molecule has 78 valence electrons. The third-order valence-electron chi connectivity index (χ3n) is 2.32. The van der Waals surface area contributed by atoms with Crippen molar-refractivity contribution in [2.45, 2.75) is 6.92 Å². The Labute approximate surface area is 92.7 Å². The molecule has 2 heterocycles. The Kier molecular flexibility index (Phi) is 2.36. The average molecular weight is 223 g/mol. The van der Waals surface area contributed by atoms with Crippen molar-refractivity contribution in [2.75, 3.05) is 5.73 Å². The fourth-order valence-corrected chi connectivity index (χ4v) is 1.62. The molecule has 0 spiro atoms. The molecule has 0 radical (unpaired) electrons. The number of hydrogen-bond donors (Lipinski definition) is 1. The summed E-state index contributed by atoms with van der Waals surface area (Å²) in [5.41, 5.74) is 8.37. The van der Waals surface area contributed by atoms with Crippen molar-refractivity contribution in [3.05, 3.63) is 29.0 Å². The monoisotopic (exact) mass is 222 g/mol. The minimum Gasteiger partial charge on any atom is -0.384 e. The summed E-state index contributed by atoms with van der Waals surface area (Å²) in [5.74, 6) is 0.417. The number of nitrogens with zero attached hydrogens (tertiary/aromatic N) is 3. The Bertz CT molecular complexity index is 484. The topological polar surface area (TPSA) is 56.7 Å². The molecular formula is C10H11ClN4. The van der Waals surface area contributed by atoms with Crippen LogP contribution in [0.3, 0.4) is 0 Å². The predicted molar refractivity (Wildman–Crippen MR) is 60.6 cm³/mol. The number of anilines is 1. The maximum atomic E-state index is 5.91. The third-order valence-corrected chi connectivity index (χ3v) is 2.54. The zero-order valence-electron chi connectivity index (χ0n) is 8.53. The molecule has 0 fully saturated rings. The molecule has 4 nitrogen and oxygen atoms in total. The molecule has 0 aliphatic heterocycles. The van der Waals surface area contributed by atoms with E-state index < -0.39 is 0 Å². The van der Waals surface area contributed by atoms with Crippen molar-refractivity contribution in [3.63, 3.8) is 0 Å². The van der Waals surface area contributed by atoms with Gasteiger partial charge in [-0.1, -0.05) is 11.6 Å². The zero-order valence-corrected chi connectivity index (χ0v) is 9.28. The highest BCUT2D eigenvalue weighted by molar-refractivity contribution is 6.31. The van der Waals surface area contributed by atoms with Gasteiger partial charge in [-0.3, -0.25) is 4.68 Å². The summed E-state index contributed by atoms with van der Waals surface area (Å²) in [6.45, 7) is 1.97. The van der Waals surface area contributed by atoms with Gasteiger partial charge in [0.05, 0.1) is 11.9 Å². The van der Waals surface area contributed by atoms with Gasteiger partial charge in [0.15, 0.2) is 0 Å². The first-order valence-corrected chi connectivity index (χ1v) is 4.88. The van der Waals surface area contributed by atoms with Crippen LogP contribution in [0.4, 0.5) is 5.82 Å². The van der Waals surface area contributed by atoms with E-state index in [4.69, 9.17) is 17.3 Å². The number of rotatable bonds is 1. The summed E-state index contributed by atoms with van der Waals surface area (Å²) in [7, 11) is 1.88. The van der Waals surface area contributed by atoms with E-state index >= 15 is 0 Å². The van der Waals surface area contributed by atoms with Gasteiger partial charge in [0, 0.05) is 23.3 Å². The van der Waals surface area contributed by atoms with E-state index in [1.54, 1.807) is 23.0 Å². The molecule has 2 rings (SSSR count). The van der Waals surface area contributed by atoms with Crippen LogP contribution in [-0.4, -0.2) is 14.8 Å². The van der Waals surface area contributed by atoms with E-state index in [9.17, 15) is 0 Å². The highest BCUT2D eigenvalue weighted by Gasteiger charge is 2.08. The molecule has 0 unspecified atom stereocenters. The summed E-state index contributed by atoms with van der Waals surface area (Å²) in [6.07, 6.45) is 1.76. The lowest BCUT2D eigenvalue weighted by Gasteiger charge is -2.02. The lowest BCUT2D eigenvalue weighted by atomic mass is 10.2. The minimum absolute atomic E-state index is 0.417. The Morgan fingerprint density at radius 2 is 2.13 bits per heavy atom. The number of hydrogen-bond acceptors (Lipinski definition) is 3. The standard InChI is InChI=1S/C10H11ClN4/c1-6-8(5-13-15(6)2)9-3-7(11)4-10(12)14-9/h3-5H,1-2H3,(H2,12,14). The van der Waals surface area contributed by atoms with Crippen molar-refractivity contribution in [1.82, 2.24) is 14.8 Å². The molecule has 2 aromatic heterocycles. The first-order valence-electron chi connectivity index (χ1n) is 4.50. The van der Waals surface area contributed by atoms with Gasteiger partial charge in [-0.2, -0.15) is 5.10 Å². The second-order valence-corrected chi connectivity index (χ2v) is 3.80. The number of nitrogen functional groups attached to an aromatic ring is 1. The Morgan fingerprint density at radius 1 is 1.40 bits per heavy atom. The summed E-state index contributed by atoms with van der Waals surface area (Å²) in [5, 5.41) is 4.73. The number of halogens is 1. The SMILES string of the molecule is Cc1c(-c2cc(Cl)cc(N)n2)cnn1C. The van der Waals surface area contributed by atoms with Gasteiger partial charge in [0.2, 0.25) is 0 Å². The number of aromatic nitrogens is 3. The average Bonchev–Trinajstić information content (AvgIpc) is 2.46. The molecule has 0 amide bonds. The van der Waals surface area contributed by atoms with E-state index in [0.717, 1.165) is 17.0 Å². The van der Waals surface area contributed by atoms with Gasteiger partial charge in [0.25, 0.3) is 0 Å². The highest BCUT2D eigenvalue weighted by Crippen LogP contribution is 2.24. The maximum Gasteiger partial charge on any atom is 0.125 e. The lowest BCUT2D eigenvalue weighted by Crippen LogP contribution is -1.95. The smallest absolute Gasteiger partial charge is 0.125 e. The van der Waals surface area contributed by atoms with Crippen LogP contribution in [0.15, 0.2) is 18.3 Å². The van der Waals surface area contributed by atoms with Crippen LogP contribution in [-0.2, 0) is 7.05 Å². The molecule has 0 bridgehead atoms. The van der Waals surface area contributed by atoms with E-state index in [-0.39, 0.29) is 0 Å². The largest absolute Gasteiger partial charge is 0.384 e. The van der Waals surface area contributed by atoms with Crippen molar-refractivity contribution in [3.8, 4) is 11.3 Å². The van der Waals surface area contributed by atoms with Crippen molar-refractivity contribution in [1.29, 1.82) is 0 Å². The fraction of sp³-hybridized carbons (Fsp3) is 0.200. The van der Waals surface area contributed by atoms with Crippen molar-refractivity contribution < 1.29 is 0 Å². The number of nitrogens with two attached hydrogens (primary N) is 1. The zero-order chi connectivity index (χ0) is 11.0. The van der Waals surface area contributed by atoms with Crippen LogP contribution < -0.4 is 5.73 Å². The molecule has 15 heavy (non-hydrogen) atoms. The molecule has 2 aromatic rings. The van der Waals surface area contributed by atoms with Gasteiger partial charge in [0.1, 0.15) is 5.82 Å². The molecule has 5 heteroatoms. The maximum absolute atomic E-state index is 5.91. The van der Waals surface area contributed by atoms with E-state index in [1.165, 1.54) is 0 Å². The van der Waals surface area contributed by atoms with Crippen LogP contribution in [0, 0.1) is 6.92 Å². The predicted octanol–water partition coefficient (Wildman–Crippen LogP) is 2.03. The molecule has 0 saturated heterocycles. The normalized spacial score (nSPS) is 10.6. The summed E-state index contributed by atoms with van der Waals surface area (Å²) >= 11 is 5.91. The number of aryl methyl sites for hydroxylation is 1. The van der Waals surface area contributed by atoms with Gasteiger partial charge in [-0.25, -0.2) is 4.98 Å². The van der Waals surface area contributed by atoms with Crippen LogP contribution in [0.1, 0.15) is 5.69 Å². The summed E-state index contributed by atoms with van der Waals surface area (Å²) in [4.78, 5) is 4.22. The second kappa shape index (κ2) is 3.55. The van der Waals surface area contributed by atoms with Gasteiger partial charge < -0.3 is 5.73 Å². The summed E-state index contributed by atoms with van der Waals surface area (Å²) in [6, 6.07) is 3.40. The molecular weight excluding hydrogens is 212 g/mol. The van der Waals surface area contributed by atoms with Crippen LogP contribution in [0.5, 0.6) is 0 Å². The van der Waals surface area contributed by atoms with Gasteiger partial charge in [-0.15, -0.1) is 0 Å². The minimum atomic E-state index is 0.417. The van der Waals surface area contributed by atoms with Gasteiger partial charge >= 0.3 is 0 Å². The van der Waals surface area contributed by atoms with Crippen molar-refractivity contribution in [2.24, 2.45) is 7.05 Å². The molecule has 0 saturated carbocycles. The Hall–Kier alpha value is -1.55. The fourth-order valence-electron chi connectivity index (χ4n) is 1.41.